The first-order valence-electron chi connectivity index (χ1n) is 7.85. The van der Waals surface area contributed by atoms with Gasteiger partial charge in [0.15, 0.2) is 0 Å². The predicted molar refractivity (Wildman–Crippen MR) is 92.9 cm³/mol. The van der Waals surface area contributed by atoms with Crippen molar-refractivity contribution in [3.05, 3.63) is 52.9 Å². The lowest BCUT2D eigenvalue weighted by molar-refractivity contribution is -0.153. The van der Waals surface area contributed by atoms with Crippen LogP contribution in [0.15, 0.2) is 46.7 Å². The van der Waals surface area contributed by atoms with Crippen LogP contribution < -0.4 is 10.9 Å². The molecule has 2 heterocycles. The fourth-order valence-electron chi connectivity index (χ4n) is 2.70. The number of sulfonamides is 1. The molecule has 1 aliphatic heterocycles. The average molecular weight is 405 g/mol. The van der Waals surface area contributed by atoms with Crippen molar-refractivity contribution in [2.24, 2.45) is 0 Å². The molecule has 0 bridgehead atoms. The van der Waals surface area contributed by atoms with Crippen LogP contribution in [-0.2, 0) is 16.6 Å². The molecule has 2 aromatic rings. The Hall–Kier alpha value is -1.46. The number of alkyl halides is 3. The van der Waals surface area contributed by atoms with Gasteiger partial charge in [0.05, 0.1) is 6.04 Å². The van der Waals surface area contributed by atoms with E-state index >= 15 is 0 Å². The van der Waals surface area contributed by atoms with Crippen LogP contribution in [0.5, 0.6) is 0 Å². The molecule has 0 aliphatic carbocycles. The summed E-state index contributed by atoms with van der Waals surface area (Å²) in [7, 11) is -2.22. The summed E-state index contributed by atoms with van der Waals surface area (Å²) in [6.45, 7) is 0.218. The predicted octanol–water partition coefficient (Wildman–Crippen LogP) is 3.04. The van der Waals surface area contributed by atoms with Crippen LogP contribution in [0.4, 0.5) is 13.2 Å². The summed E-state index contributed by atoms with van der Waals surface area (Å²) in [5, 5.41) is 0. The molecule has 0 radical (unpaired) electrons. The van der Waals surface area contributed by atoms with Crippen LogP contribution in [-0.4, -0.2) is 32.0 Å². The lowest BCUT2D eigenvalue weighted by Crippen LogP contribution is -2.40. The quantitative estimate of drug-likeness (QED) is 0.803. The minimum Gasteiger partial charge on any atom is -0.249 e. The Morgan fingerprint density at radius 3 is 2.46 bits per heavy atom. The SMILES string of the molecule is CN(Cc1ccccc1)S(=O)(=O)c1ccc(C2CC(C(F)(F)F)NN2)s1. The molecule has 0 saturated carbocycles. The van der Waals surface area contributed by atoms with E-state index in [4.69, 9.17) is 0 Å². The molecule has 2 atom stereocenters. The maximum absolute atomic E-state index is 12.8. The summed E-state index contributed by atoms with van der Waals surface area (Å²) in [5.74, 6) is 0. The average Bonchev–Trinajstić information content (AvgIpc) is 3.24. The molecule has 2 unspecified atom stereocenters. The first-order valence-corrected chi connectivity index (χ1v) is 10.1. The van der Waals surface area contributed by atoms with E-state index in [2.05, 4.69) is 10.9 Å². The first-order chi connectivity index (χ1) is 12.2. The van der Waals surface area contributed by atoms with Gasteiger partial charge in [-0.25, -0.2) is 19.3 Å². The highest BCUT2D eigenvalue weighted by Gasteiger charge is 2.45. The van der Waals surface area contributed by atoms with Gasteiger partial charge in [-0.05, 0) is 24.1 Å². The molecular formula is C16H18F3N3O2S2. The largest absolute Gasteiger partial charge is 0.405 e. The lowest BCUT2D eigenvalue weighted by Gasteiger charge is -2.16. The van der Waals surface area contributed by atoms with Crippen molar-refractivity contribution in [1.29, 1.82) is 0 Å². The van der Waals surface area contributed by atoms with E-state index < -0.39 is 28.3 Å². The molecule has 1 aromatic heterocycles. The number of halogens is 3. The van der Waals surface area contributed by atoms with Crippen molar-refractivity contribution >= 4 is 21.4 Å². The molecule has 0 amide bonds. The second-order valence-corrected chi connectivity index (χ2v) is 9.46. The molecule has 2 N–H and O–H groups in total. The van der Waals surface area contributed by atoms with Gasteiger partial charge in [0.2, 0.25) is 0 Å². The van der Waals surface area contributed by atoms with E-state index in [-0.39, 0.29) is 17.2 Å². The number of thiophene rings is 1. The van der Waals surface area contributed by atoms with Gasteiger partial charge in [-0.3, -0.25) is 0 Å². The van der Waals surface area contributed by atoms with Crippen LogP contribution in [0.3, 0.4) is 0 Å². The van der Waals surface area contributed by atoms with Gasteiger partial charge < -0.3 is 0 Å². The highest BCUT2D eigenvalue weighted by molar-refractivity contribution is 7.91. The van der Waals surface area contributed by atoms with Crippen molar-refractivity contribution in [3.63, 3.8) is 0 Å². The minimum absolute atomic E-state index is 0.114. The van der Waals surface area contributed by atoms with Gasteiger partial charge in [-0.1, -0.05) is 30.3 Å². The third-order valence-corrected chi connectivity index (χ3v) is 7.63. The van der Waals surface area contributed by atoms with Gasteiger partial charge in [0.1, 0.15) is 10.3 Å². The molecule has 1 fully saturated rings. The van der Waals surface area contributed by atoms with Gasteiger partial charge in [-0.15, -0.1) is 11.3 Å². The molecule has 1 saturated heterocycles. The van der Waals surface area contributed by atoms with Gasteiger partial charge in [-0.2, -0.15) is 17.5 Å². The Morgan fingerprint density at radius 2 is 1.85 bits per heavy atom. The van der Waals surface area contributed by atoms with Crippen LogP contribution in [0.2, 0.25) is 0 Å². The molecule has 10 heteroatoms. The molecule has 142 valence electrons. The smallest absolute Gasteiger partial charge is 0.249 e. The Kier molecular flexibility index (Phi) is 5.40. The summed E-state index contributed by atoms with van der Waals surface area (Å²) >= 11 is 0.989. The van der Waals surface area contributed by atoms with Gasteiger partial charge >= 0.3 is 6.18 Å². The molecule has 1 aliphatic rings. The number of nitrogens with one attached hydrogen (secondary N) is 2. The van der Waals surface area contributed by atoms with Crippen molar-refractivity contribution in [1.82, 2.24) is 15.2 Å². The summed E-state index contributed by atoms with van der Waals surface area (Å²) in [5.41, 5.74) is 5.67. The maximum atomic E-state index is 12.8. The zero-order chi connectivity index (χ0) is 18.9. The summed E-state index contributed by atoms with van der Waals surface area (Å²) < 4.78 is 65.0. The van der Waals surface area contributed by atoms with Crippen molar-refractivity contribution in [3.8, 4) is 0 Å². The Bertz CT molecular complexity index is 853. The summed E-state index contributed by atoms with van der Waals surface area (Å²) in [6, 6.07) is 9.95. The van der Waals surface area contributed by atoms with E-state index in [1.54, 1.807) is 6.07 Å². The zero-order valence-electron chi connectivity index (χ0n) is 13.8. The fraction of sp³-hybridized carbons (Fsp3) is 0.375. The number of benzene rings is 1. The second-order valence-electron chi connectivity index (χ2n) is 6.07. The maximum Gasteiger partial charge on any atom is 0.405 e. The highest BCUT2D eigenvalue weighted by atomic mass is 32.2. The third-order valence-electron chi connectivity index (χ3n) is 4.16. The van der Waals surface area contributed by atoms with Crippen molar-refractivity contribution in [2.45, 2.75) is 35.4 Å². The van der Waals surface area contributed by atoms with Crippen LogP contribution in [0.1, 0.15) is 22.9 Å². The molecule has 0 spiro atoms. The monoisotopic (exact) mass is 405 g/mol. The number of hydrogen-bond donors (Lipinski definition) is 2. The third kappa shape index (κ3) is 4.09. The van der Waals surface area contributed by atoms with Crippen molar-refractivity contribution < 1.29 is 21.6 Å². The van der Waals surface area contributed by atoms with Crippen LogP contribution in [0.25, 0.3) is 0 Å². The zero-order valence-corrected chi connectivity index (χ0v) is 15.5. The molecule has 26 heavy (non-hydrogen) atoms. The molecular weight excluding hydrogens is 387 g/mol. The van der Waals surface area contributed by atoms with E-state index in [0.29, 0.717) is 4.88 Å². The van der Waals surface area contributed by atoms with Gasteiger partial charge in [0, 0.05) is 18.5 Å². The number of hydrazine groups is 1. The number of nitrogens with zero attached hydrogens (tertiary/aromatic N) is 1. The minimum atomic E-state index is -4.34. The fourth-order valence-corrected chi connectivity index (χ4v) is 5.46. The lowest BCUT2D eigenvalue weighted by atomic mass is 10.1. The Balaban J connectivity index is 1.72. The van der Waals surface area contributed by atoms with Crippen molar-refractivity contribution in [2.75, 3.05) is 7.05 Å². The normalized spacial score (nSPS) is 21.4. The first kappa shape index (κ1) is 19.3. The second kappa shape index (κ2) is 7.28. The van der Waals surface area contributed by atoms with Gasteiger partial charge in [0.25, 0.3) is 10.0 Å². The van der Waals surface area contributed by atoms with E-state index in [1.165, 1.54) is 17.4 Å². The highest BCUT2D eigenvalue weighted by Crippen LogP contribution is 2.36. The molecule has 5 nitrogen and oxygen atoms in total. The number of rotatable bonds is 5. The molecule has 3 rings (SSSR count). The van der Waals surface area contributed by atoms with E-state index in [9.17, 15) is 21.6 Å². The van der Waals surface area contributed by atoms with Crippen LogP contribution in [0, 0.1) is 0 Å². The van der Waals surface area contributed by atoms with E-state index in [1.807, 2.05) is 30.3 Å². The summed E-state index contributed by atoms with van der Waals surface area (Å²) in [4.78, 5) is 0.552. The number of hydrogen-bond acceptors (Lipinski definition) is 5. The topological polar surface area (TPSA) is 61.4 Å². The summed E-state index contributed by atoms with van der Waals surface area (Å²) in [6.07, 6.45) is -4.52. The standard InChI is InChI=1S/C16H18F3N3O2S2/c1-22(10-11-5-3-2-4-6-11)26(23,24)15-8-7-13(25-15)12-9-14(21-20-12)16(17,18)19/h2-8,12,14,20-21H,9-10H2,1H3. The van der Waals surface area contributed by atoms with Crippen LogP contribution >= 0.6 is 11.3 Å². The van der Waals surface area contributed by atoms with E-state index in [0.717, 1.165) is 16.9 Å². The molecule has 1 aromatic carbocycles. The Labute approximate surface area is 153 Å². The Morgan fingerprint density at radius 1 is 1.15 bits per heavy atom.